The van der Waals surface area contributed by atoms with Crippen LogP contribution in [0.5, 0.6) is 0 Å². The summed E-state index contributed by atoms with van der Waals surface area (Å²) < 4.78 is 13.8. The summed E-state index contributed by atoms with van der Waals surface area (Å²) in [7, 11) is 0. The summed E-state index contributed by atoms with van der Waals surface area (Å²) in [5.41, 5.74) is 0.918. The van der Waals surface area contributed by atoms with Gasteiger partial charge in [-0.2, -0.15) is 0 Å². The summed E-state index contributed by atoms with van der Waals surface area (Å²) in [6, 6.07) is 6.04. The van der Waals surface area contributed by atoms with Crippen molar-refractivity contribution in [2.45, 2.75) is 27.2 Å². The van der Waals surface area contributed by atoms with Crippen LogP contribution < -0.4 is 5.32 Å². The van der Waals surface area contributed by atoms with E-state index in [-0.39, 0.29) is 29.5 Å². The van der Waals surface area contributed by atoms with E-state index < -0.39 is 17.0 Å². The van der Waals surface area contributed by atoms with Gasteiger partial charge in [-0.25, -0.2) is 9.37 Å². The first kappa shape index (κ1) is 22.2. The van der Waals surface area contributed by atoms with Crippen molar-refractivity contribution in [3.63, 3.8) is 0 Å². The number of hydrogen-bond acceptors (Lipinski definition) is 6. The first-order chi connectivity index (χ1) is 14.3. The van der Waals surface area contributed by atoms with Crippen molar-refractivity contribution in [1.29, 1.82) is 0 Å². The van der Waals surface area contributed by atoms with Crippen LogP contribution in [0.3, 0.4) is 0 Å². The number of imide groups is 1. The molecule has 3 rings (SSSR count). The molecule has 0 bridgehead atoms. The fourth-order valence-electron chi connectivity index (χ4n) is 2.89. The SMILES string of the molecule is Cc1nc(CC(C)C)sc1C(=O)NCCN1C(=O)S/C(=C\c2ccccc2F)C1=O. The lowest BCUT2D eigenvalue weighted by Gasteiger charge is -2.12. The average Bonchev–Trinajstić information content (AvgIpc) is 3.16. The second kappa shape index (κ2) is 9.53. The average molecular weight is 448 g/mol. The number of hydrogen-bond donors (Lipinski definition) is 1. The van der Waals surface area contributed by atoms with Crippen molar-refractivity contribution in [2.75, 3.05) is 13.1 Å². The number of halogens is 1. The number of benzene rings is 1. The molecular weight excluding hydrogens is 425 g/mol. The zero-order chi connectivity index (χ0) is 21.8. The lowest BCUT2D eigenvalue weighted by molar-refractivity contribution is -0.122. The van der Waals surface area contributed by atoms with Gasteiger partial charge in [0.1, 0.15) is 10.7 Å². The van der Waals surface area contributed by atoms with Crippen molar-refractivity contribution in [1.82, 2.24) is 15.2 Å². The molecule has 1 N–H and O–H groups in total. The molecule has 0 spiro atoms. The van der Waals surface area contributed by atoms with Crippen LogP contribution in [0.4, 0.5) is 9.18 Å². The Kier molecular flexibility index (Phi) is 7.04. The Hall–Kier alpha value is -2.52. The molecule has 1 aromatic heterocycles. The number of aromatic nitrogens is 1. The lowest BCUT2D eigenvalue weighted by atomic mass is 10.1. The van der Waals surface area contributed by atoms with Gasteiger partial charge in [0.25, 0.3) is 17.1 Å². The standard InChI is InChI=1S/C21H22FN3O3S2/c1-12(2)10-17-24-13(3)18(30-17)19(26)23-8-9-25-20(27)16(29-21(25)28)11-14-6-4-5-7-15(14)22/h4-7,11-12H,8-10H2,1-3H3,(H,23,26)/b16-11-. The maximum Gasteiger partial charge on any atom is 0.293 e. The molecule has 3 amide bonds. The predicted octanol–water partition coefficient (Wildman–Crippen LogP) is 4.26. The van der Waals surface area contributed by atoms with E-state index in [2.05, 4.69) is 24.1 Å². The van der Waals surface area contributed by atoms with Crippen LogP contribution >= 0.6 is 23.1 Å². The third-order valence-electron chi connectivity index (χ3n) is 4.32. The van der Waals surface area contributed by atoms with Crippen molar-refractivity contribution < 1.29 is 18.8 Å². The number of nitrogens with one attached hydrogen (secondary N) is 1. The molecule has 1 aliphatic heterocycles. The maximum absolute atomic E-state index is 13.8. The number of thioether (sulfide) groups is 1. The van der Waals surface area contributed by atoms with Gasteiger partial charge in [0, 0.05) is 25.1 Å². The first-order valence-corrected chi connectivity index (χ1v) is 11.1. The third kappa shape index (κ3) is 5.14. The number of amides is 3. The molecular formula is C21H22FN3O3S2. The minimum atomic E-state index is -0.490. The smallest absolute Gasteiger partial charge is 0.293 e. The van der Waals surface area contributed by atoms with E-state index in [1.165, 1.54) is 29.5 Å². The van der Waals surface area contributed by atoms with Crippen LogP contribution in [0.25, 0.3) is 6.08 Å². The van der Waals surface area contributed by atoms with E-state index in [0.717, 1.165) is 28.1 Å². The van der Waals surface area contributed by atoms with Crippen molar-refractivity contribution in [3.8, 4) is 0 Å². The second-order valence-corrected chi connectivity index (χ2v) is 9.31. The van der Waals surface area contributed by atoms with E-state index in [1.807, 2.05) is 0 Å². The van der Waals surface area contributed by atoms with Gasteiger partial charge in [0.05, 0.1) is 15.6 Å². The molecule has 1 saturated heterocycles. The van der Waals surface area contributed by atoms with Crippen molar-refractivity contribution in [2.24, 2.45) is 5.92 Å². The molecule has 0 unspecified atom stereocenters. The largest absolute Gasteiger partial charge is 0.349 e. The zero-order valence-electron chi connectivity index (χ0n) is 16.9. The highest BCUT2D eigenvalue weighted by molar-refractivity contribution is 8.18. The minimum Gasteiger partial charge on any atom is -0.349 e. The number of carbonyl (C=O) groups excluding carboxylic acids is 3. The van der Waals surface area contributed by atoms with Crippen LogP contribution in [0.1, 0.15) is 39.8 Å². The van der Waals surface area contributed by atoms with Crippen LogP contribution in [-0.2, 0) is 11.2 Å². The summed E-state index contributed by atoms with van der Waals surface area (Å²) >= 11 is 2.13. The van der Waals surface area contributed by atoms with E-state index in [0.29, 0.717) is 16.5 Å². The van der Waals surface area contributed by atoms with Gasteiger partial charge in [-0.05, 0) is 36.7 Å². The van der Waals surface area contributed by atoms with Gasteiger partial charge >= 0.3 is 0 Å². The number of carbonyl (C=O) groups is 3. The normalized spacial score (nSPS) is 15.5. The summed E-state index contributed by atoms with van der Waals surface area (Å²) in [6.07, 6.45) is 2.18. The summed E-state index contributed by atoms with van der Waals surface area (Å²) in [6.45, 7) is 6.14. The molecule has 0 atom stereocenters. The van der Waals surface area contributed by atoms with Crippen LogP contribution in [0.2, 0.25) is 0 Å². The van der Waals surface area contributed by atoms with Gasteiger partial charge < -0.3 is 5.32 Å². The number of nitrogens with zero attached hydrogens (tertiary/aromatic N) is 2. The van der Waals surface area contributed by atoms with E-state index in [4.69, 9.17) is 0 Å². The van der Waals surface area contributed by atoms with E-state index >= 15 is 0 Å². The Morgan fingerprint density at radius 1 is 1.30 bits per heavy atom. The number of thiazole rings is 1. The molecule has 1 fully saturated rings. The molecule has 0 radical (unpaired) electrons. The molecule has 0 aliphatic carbocycles. The summed E-state index contributed by atoms with van der Waals surface area (Å²) in [5, 5.41) is 3.22. The van der Waals surface area contributed by atoms with Gasteiger partial charge in [0.2, 0.25) is 0 Å². The number of rotatable bonds is 7. The minimum absolute atomic E-state index is 0.0434. The molecule has 1 aliphatic rings. The Labute approximate surface area is 182 Å². The van der Waals surface area contributed by atoms with Gasteiger partial charge in [-0.3, -0.25) is 19.3 Å². The first-order valence-electron chi connectivity index (χ1n) is 9.50. The fourth-order valence-corrected chi connectivity index (χ4v) is 4.94. The highest BCUT2D eigenvalue weighted by atomic mass is 32.2. The predicted molar refractivity (Wildman–Crippen MR) is 117 cm³/mol. The Morgan fingerprint density at radius 2 is 2.03 bits per heavy atom. The Morgan fingerprint density at radius 3 is 2.73 bits per heavy atom. The van der Waals surface area contributed by atoms with Crippen LogP contribution in [-0.4, -0.2) is 40.0 Å². The maximum atomic E-state index is 13.8. The number of aryl methyl sites for hydroxylation is 1. The molecule has 158 valence electrons. The third-order valence-corrected chi connectivity index (χ3v) is 6.40. The van der Waals surface area contributed by atoms with Gasteiger partial charge in [-0.1, -0.05) is 32.0 Å². The van der Waals surface area contributed by atoms with Crippen LogP contribution in [0.15, 0.2) is 29.2 Å². The molecule has 0 saturated carbocycles. The Bertz CT molecular complexity index is 1020. The fraction of sp³-hybridized carbons (Fsp3) is 0.333. The van der Waals surface area contributed by atoms with Crippen molar-refractivity contribution in [3.05, 3.63) is 56.1 Å². The highest BCUT2D eigenvalue weighted by Crippen LogP contribution is 2.32. The van der Waals surface area contributed by atoms with Crippen LogP contribution in [0, 0.1) is 18.7 Å². The van der Waals surface area contributed by atoms with E-state index in [9.17, 15) is 18.8 Å². The molecule has 6 nitrogen and oxygen atoms in total. The van der Waals surface area contributed by atoms with Gasteiger partial charge in [0.15, 0.2) is 0 Å². The molecule has 2 aromatic rings. The summed E-state index contributed by atoms with van der Waals surface area (Å²) in [5.74, 6) is -0.777. The summed E-state index contributed by atoms with van der Waals surface area (Å²) in [4.78, 5) is 43.4. The molecule has 2 heterocycles. The lowest BCUT2D eigenvalue weighted by Crippen LogP contribution is -2.37. The van der Waals surface area contributed by atoms with Gasteiger partial charge in [-0.15, -0.1) is 11.3 Å². The quantitative estimate of drug-likeness (QED) is 0.642. The topological polar surface area (TPSA) is 79.4 Å². The second-order valence-electron chi connectivity index (χ2n) is 7.23. The van der Waals surface area contributed by atoms with E-state index in [1.54, 1.807) is 19.1 Å². The zero-order valence-corrected chi connectivity index (χ0v) is 18.5. The molecule has 1 aromatic carbocycles. The molecule has 9 heteroatoms. The Balaban J connectivity index is 1.59. The monoisotopic (exact) mass is 447 g/mol. The highest BCUT2D eigenvalue weighted by Gasteiger charge is 2.34. The molecule has 30 heavy (non-hydrogen) atoms. The van der Waals surface area contributed by atoms with Crippen molar-refractivity contribution >= 4 is 46.2 Å².